The van der Waals surface area contributed by atoms with E-state index in [2.05, 4.69) is 5.32 Å². The Kier molecular flexibility index (Phi) is 2.64. The molecule has 72 valence electrons. The zero-order valence-electron chi connectivity index (χ0n) is 7.50. The highest BCUT2D eigenvalue weighted by Gasteiger charge is 2.24. The van der Waals surface area contributed by atoms with Crippen LogP contribution in [0.4, 0.5) is 4.39 Å². The molecule has 13 heavy (non-hydrogen) atoms. The van der Waals surface area contributed by atoms with E-state index < -0.39 is 6.17 Å². The fourth-order valence-electron chi connectivity index (χ4n) is 1.84. The van der Waals surface area contributed by atoms with Crippen molar-refractivity contribution >= 4 is 0 Å². The number of nitrogens with one attached hydrogen (secondary N) is 1. The molecule has 1 unspecified atom stereocenters. The van der Waals surface area contributed by atoms with Gasteiger partial charge >= 0.3 is 0 Å². The number of furan rings is 1. The van der Waals surface area contributed by atoms with Gasteiger partial charge in [-0.1, -0.05) is 0 Å². The Morgan fingerprint density at radius 1 is 1.46 bits per heavy atom. The van der Waals surface area contributed by atoms with Gasteiger partial charge in [0.2, 0.25) is 0 Å². The molecule has 1 saturated heterocycles. The largest absolute Gasteiger partial charge is 0.472 e. The van der Waals surface area contributed by atoms with Crippen LogP contribution in [0, 0.1) is 5.92 Å². The summed E-state index contributed by atoms with van der Waals surface area (Å²) in [6.07, 6.45) is 4.04. The molecular formula is C10H14FNO. The summed E-state index contributed by atoms with van der Waals surface area (Å²) in [7, 11) is 0. The van der Waals surface area contributed by atoms with E-state index in [1.807, 2.05) is 0 Å². The molecular weight excluding hydrogens is 169 g/mol. The second-order valence-corrected chi connectivity index (χ2v) is 3.55. The van der Waals surface area contributed by atoms with Crippen LogP contribution in [0.15, 0.2) is 23.0 Å². The molecule has 2 rings (SSSR count). The molecule has 1 fully saturated rings. The standard InChI is InChI=1S/C10H14FNO/c11-10(9-3-6-13-7-9)8-1-4-12-5-2-8/h3,6-8,10,12H,1-2,4-5H2. The monoisotopic (exact) mass is 183 g/mol. The smallest absolute Gasteiger partial charge is 0.131 e. The first-order chi connectivity index (χ1) is 6.38. The van der Waals surface area contributed by atoms with Gasteiger partial charge in [0.15, 0.2) is 0 Å². The Labute approximate surface area is 77.1 Å². The minimum absolute atomic E-state index is 0.166. The van der Waals surface area contributed by atoms with Crippen molar-refractivity contribution in [3.8, 4) is 0 Å². The fourth-order valence-corrected chi connectivity index (χ4v) is 1.84. The molecule has 1 aliphatic rings. The second kappa shape index (κ2) is 3.92. The highest BCUT2D eigenvalue weighted by molar-refractivity contribution is 5.10. The third-order valence-corrected chi connectivity index (χ3v) is 2.66. The van der Waals surface area contributed by atoms with Gasteiger partial charge in [0.25, 0.3) is 0 Å². The number of hydrogen-bond donors (Lipinski definition) is 1. The summed E-state index contributed by atoms with van der Waals surface area (Å²) < 4.78 is 18.6. The lowest BCUT2D eigenvalue weighted by Gasteiger charge is -2.24. The van der Waals surface area contributed by atoms with Gasteiger partial charge in [-0.05, 0) is 37.9 Å². The Balaban J connectivity index is 1.99. The van der Waals surface area contributed by atoms with E-state index in [0.717, 1.165) is 25.9 Å². The molecule has 0 amide bonds. The number of rotatable bonds is 2. The van der Waals surface area contributed by atoms with Crippen molar-refractivity contribution in [3.63, 3.8) is 0 Å². The van der Waals surface area contributed by atoms with E-state index in [1.54, 1.807) is 6.07 Å². The summed E-state index contributed by atoms with van der Waals surface area (Å²) in [5.41, 5.74) is 0.687. The first kappa shape index (κ1) is 8.75. The average Bonchev–Trinajstić information content (AvgIpc) is 2.71. The Bertz CT molecular complexity index is 241. The van der Waals surface area contributed by atoms with Crippen molar-refractivity contribution in [2.45, 2.75) is 19.0 Å². The van der Waals surface area contributed by atoms with Crippen LogP contribution < -0.4 is 5.32 Å². The van der Waals surface area contributed by atoms with Crippen molar-refractivity contribution in [1.82, 2.24) is 5.32 Å². The van der Waals surface area contributed by atoms with Crippen LogP contribution in [0.5, 0.6) is 0 Å². The topological polar surface area (TPSA) is 25.2 Å². The van der Waals surface area contributed by atoms with Gasteiger partial charge in [-0.3, -0.25) is 0 Å². The van der Waals surface area contributed by atoms with E-state index in [1.165, 1.54) is 12.5 Å². The predicted molar refractivity (Wildman–Crippen MR) is 48.2 cm³/mol. The van der Waals surface area contributed by atoms with E-state index >= 15 is 0 Å². The molecule has 1 aliphatic heterocycles. The number of hydrogen-bond acceptors (Lipinski definition) is 2. The maximum atomic E-state index is 13.8. The lowest BCUT2D eigenvalue weighted by Crippen LogP contribution is -2.29. The molecule has 0 radical (unpaired) electrons. The minimum atomic E-state index is -0.846. The molecule has 1 atom stereocenters. The molecule has 1 N–H and O–H groups in total. The molecule has 0 aliphatic carbocycles. The summed E-state index contributed by atoms with van der Waals surface area (Å²) in [5, 5.41) is 3.22. The molecule has 0 bridgehead atoms. The molecule has 2 nitrogen and oxygen atoms in total. The zero-order chi connectivity index (χ0) is 9.10. The summed E-state index contributed by atoms with van der Waals surface area (Å²) in [4.78, 5) is 0. The van der Waals surface area contributed by atoms with Crippen LogP contribution in [-0.2, 0) is 0 Å². The van der Waals surface area contributed by atoms with Crippen molar-refractivity contribution in [1.29, 1.82) is 0 Å². The maximum Gasteiger partial charge on any atom is 0.131 e. The van der Waals surface area contributed by atoms with Gasteiger partial charge in [0, 0.05) is 5.56 Å². The van der Waals surface area contributed by atoms with Crippen molar-refractivity contribution in [2.75, 3.05) is 13.1 Å². The number of halogens is 1. The second-order valence-electron chi connectivity index (χ2n) is 3.55. The zero-order valence-corrected chi connectivity index (χ0v) is 7.50. The van der Waals surface area contributed by atoms with E-state index in [-0.39, 0.29) is 5.92 Å². The first-order valence-corrected chi connectivity index (χ1v) is 4.75. The molecule has 3 heteroatoms. The SMILES string of the molecule is FC(c1ccoc1)C1CCNCC1. The minimum Gasteiger partial charge on any atom is -0.472 e. The normalized spacial score (nSPS) is 21.6. The molecule has 1 aromatic heterocycles. The number of alkyl halides is 1. The highest BCUT2D eigenvalue weighted by atomic mass is 19.1. The van der Waals surface area contributed by atoms with E-state index in [4.69, 9.17) is 4.42 Å². The molecule has 0 saturated carbocycles. The van der Waals surface area contributed by atoms with Crippen molar-refractivity contribution in [2.24, 2.45) is 5.92 Å². The van der Waals surface area contributed by atoms with Crippen LogP contribution >= 0.6 is 0 Å². The van der Waals surface area contributed by atoms with Crippen molar-refractivity contribution in [3.05, 3.63) is 24.2 Å². The van der Waals surface area contributed by atoms with Gasteiger partial charge in [0.05, 0.1) is 12.5 Å². The molecule has 1 aromatic rings. The predicted octanol–water partition coefficient (Wildman–Crippen LogP) is 2.29. The van der Waals surface area contributed by atoms with Crippen LogP contribution in [0.25, 0.3) is 0 Å². The molecule has 0 spiro atoms. The van der Waals surface area contributed by atoms with Crippen LogP contribution in [0.3, 0.4) is 0 Å². The Morgan fingerprint density at radius 2 is 2.23 bits per heavy atom. The van der Waals surface area contributed by atoms with Gasteiger partial charge < -0.3 is 9.73 Å². The maximum absolute atomic E-state index is 13.8. The summed E-state index contributed by atoms with van der Waals surface area (Å²) in [6, 6.07) is 1.71. The quantitative estimate of drug-likeness (QED) is 0.761. The lowest BCUT2D eigenvalue weighted by molar-refractivity contribution is 0.189. The summed E-state index contributed by atoms with van der Waals surface area (Å²) in [5.74, 6) is 0.166. The molecule has 2 heterocycles. The van der Waals surface area contributed by atoms with Gasteiger partial charge in [0.1, 0.15) is 6.17 Å². The van der Waals surface area contributed by atoms with Crippen LogP contribution in [0.2, 0.25) is 0 Å². The first-order valence-electron chi connectivity index (χ1n) is 4.75. The fraction of sp³-hybridized carbons (Fsp3) is 0.600. The summed E-state index contributed by atoms with van der Waals surface area (Å²) >= 11 is 0. The Morgan fingerprint density at radius 3 is 2.85 bits per heavy atom. The molecule has 0 aromatic carbocycles. The third-order valence-electron chi connectivity index (χ3n) is 2.66. The van der Waals surface area contributed by atoms with E-state index in [9.17, 15) is 4.39 Å². The van der Waals surface area contributed by atoms with E-state index in [0.29, 0.717) is 5.56 Å². The van der Waals surface area contributed by atoms with Gasteiger partial charge in [-0.15, -0.1) is 0 Å². The van der Waals surface area contributed by atoms with Crippen molar-refractivity contribution < 1.29 is 8.81 Å². The van der Waals surface area contributed by atoms with Gasteiger partial charge in [-0.2, -0.15) is 0 Å². The van der Waals surface area contributed by atoms with Crippen LogP contribution in [-0.4, -0.2) is 13.1 Å². The van der Waals surface area contributed by atoms with Crippen LogP contribution in [0.1, 0.15) is 24.6 Å². The average molecular weight is 183 g/mol. The van der Waals surface area contributed by atoms with Gasteiger partial charge in [-0.25, -0.2) is 4.39 Å². The third kappa shape index (κ3) is 1.91. The summed E-state index contributed by atoms with van der Waals surface area (Å²) in [6.45, 7) is 1.87. The Hall–Kier alpha value is -0.830. The number of piperidine rings is 1. The highest BCUT2D eigenvalue weighted by Crippen LogP contribution is 2.32. The lowest BCUT2D eigenvalue weighted by atomic mass is 9.90.